The van der Waals surface area contributed by atoms with E-state index < -0.39 is 0 Å². The fourth-order valence-corrected chi connectivity index (χ4v) is 2.56. The molecule has 4 heteroatoms. The van der Waals surface area contributed by atoms with E-state index >= 15 is 0 Å². The first-order valence-electron chi connectivity index (χ1n) is 7.23. The lowest BCUT2D eigenvalue weighted by Gasteiger charge is -2.28. The molecule has 0 unspecified atom stereocenters. The quantitative estimate of drug-likeness (QED) is 0.928. The molecule has 0 aliphatic carbocycles. The summed E-state index contributed by atoms with van der Waals surface area (Å²) in [5.74, 6) is 1.05. The van der Waals surface area contributed by atoms with Gasteiger partial charge in [0.05, 0.1) is 0 Å². The minimum Gasteiger partial charge on any atom is -0.367 e. The van der Waals surface area contributed by atoms with E-state index in [9.17, 15) is 0 Å². The highest BCUT2D eigenvalue weighted by molar-refractivity contribution is 5.48. The number of anilines is 1. The molecule has 1 aliphatic rings. The van der Waals surface area contributed by atoms with E-state index in [0.717, 1.165) is 37.5 Å². The zero-order chi connectivity index (χ0) is 13.9. The van der Waals surface area contributed by atoms with E-state index in [4.69, 9.17) is 4.52 Å². The van der Waals surface area contributed by atoms with Crippen LogP contribution in [0.15, 0.2) is 34.9 Å². The van der Waals surface area contributed by atoms with Crippen molar-refractivity contribution in [2.45, 2.75) is 39.4 Å². The number of aromatic nitrogens is 1. The van der Waals surface area contributed by atoms with Crippen LogP contribution in [0, 0.1) is 0 Å². The van der Waals surface area contributed by atoms with Crippen LogP contribution in [0.2, 0.25) is 0 Å². The Hall–Kier alpha value is -1.81. The van der Waals surface area contributed by atoms with E-state index in [1.165, 1.54) is 11.3 Å². The van der Waals surface area contributed by atoms with Crippen LogP contribution in [0.4, 0.5) is 5.69 Å². The van der Waals surface area contributed by atoms with Crippen molar-refractivity contribution in [3.05, 3.63) is 47.3 Å². The molecule has 106 valence electrons. The molecule has 1 N–H and O–H groups in total. The van der Waals surface area contributed by atoms with Crippen LogP contribution in [-0.2, 0) is 19.5 Å². The molecule has 20 heavy (non-hydrogen) atoms. The van der Waals surface area contributed by atoms with Crippen LogP contribution in [0.3, 0.4) is 0 Å². The van der Waals surface area contributed by atoms with Gasteiger partial charge in [-0.25, -0.2) is 0 Å². The summed E-state index contributed by atoms with van der Waals surface area (Å²) >= 11 is 0. The number of rotatable bonds is 4. The van der Waals surface area contributed by atoms with Gasteiger partial charge in [-0.05, 0) is 12.1 Å². The van der Waals surface area contributed by atoms with Crippen molar-refractivity contribution in [3.8, 4) is 0 Å². The molecule has 0 saturated heterocycles. The monoisotopic (exact) mass is 271 g/mol. The SMILES string of the molecule is CC(C)NCc1noc2c1CN(c1ccccc1)CC2. The number of nitrogens with zero attached hydrogens (tertiary/aromatic N) is 2. The zero-order valence-electron chi connectivity index (χ0n) is 12.1. The van der Waals surface area contributed by atoms with Gasteiger partial charge < -0.3 is 14.7 Å². The molecule has 1 aromatic heterocycles. The fraction of sp³-hybridized carbons (Fsp3) is 0.438. The van der Waals surface area contributed by atoms with Gasteiger partial charge in [0.2, 0.25) is 0 Å². The highest BCUT2D eigenvalue weighted by Gasteiger charge is 2.24. The molecule has 0 fully saturated rings. The lowest BCUT2D eigenvalue weighted by Crippen LogP contribution is -2.31. The molecule has 3 rings (SSSR count). The summed E-state index contributed by atoms with van der Waals surface area (Å²) in [4.78, 5) is 2.39. The Kier molecular flexibility index (Phi) is 3.74. The van der Waals surface area contributed by atoms with Crippen molar-refractivity contribution in [2.24, 2.45) is 0 Å². The molecule has 0 spiro atoms. The van der Waals surface area contributed by atoms with Gasteiger partial charge in [0.15, 0.2) is 0 Å². The predicted molar refractivity (Wildman–Crippen MR) is 79.7 cm³/mol. The number of benzene rings is 1. The largest absolute Gasteiger partial charge is 0.367 e. The molecule has 2 heterocycles. The van der Waals surface area contributed by atoms with E-state index in [-0.39, 0.29) is 0 Å². The Balaban J connectivity index is 1.77. The highest BCUT2D eigenvalue weighted by atomic mass is 16.5. The van der Waals surface area contributed by atoms with Crippen molar-refractivity contribution in [3.63, 3.8) is 0 Å². The van der Waals surface area contributed by atoms with Crippen molar-refractivity contribution < 1.29 is 4.52 Å². The average molecular weight is 271 g/mol. The van der Waals surface area contributed by atoms with Crippen LogP contribution in [0.5, 0.6) is 0 Å². The summed E-state index contributed by atoms with van der Waals surface area (Å²) in [7, 11) is 0. The number of hydrogen-bond acceptors (Lipinski definition) is 4. The van der Waals surface area contributed by atoms with Crippen LogP contribution in [-0.4, -0.2) is 17.7 Å². The Morgan fingerprint density at radius 3 is 2.85 bits per heavy atom. The highest BCUT2D eigenvalue weighted by Crippen LogP contribution is 2.26. The Morgan fingerprint density at radius 2 is 2.10 bits per heavy atom. The topological polar surface area (TPSA) is 41.3 Å². The first-order valence-corrected chi connectivity index (χ1v) is 7.23. The van der Waals surface area contributed by atoms with Gasteiger partial charge in [-0.3, -0.25) is 0 Å². The molecule has 2 aromatic rings. The summed E-state index contributed by atoms with van der Waals surface area (Å²) in [6.45, 7) is 6.94. The molecule has 4 nitrogen and oxygen atoms in total. The maximum absolute atomic E-state index is 5.49. The third kappa shape index (κ3) is 2.70. The summed E-state index contributed by atoms with van der Waals surface area (Å²) < 4.78 is 5.49. The van der Waals surface area contributed by atoms with Gasteiger partial charge in [-0.2, -0.15) is 0 Å². The first-order chi connectivity index (χ1) is 9.74. The molecule has 0 bridgehead atoms. The standard InChI is InChI=1S/C16H21N3O/c1-12(2)17-10-15-14-11-19(9-8-16(14)20-18-15)13-6-4-3-5-7-13/h3-7,12,17H,8-11H2,1-2H3. The second kappa shape index (κ2) is 5.67. The average Bonchev–Trinajstić information content (AvgIpc) is 2.88. The molecule has 0 atom stereocenters. The van der Waals surface area contributed by atoms with Crippen LogP contribution >= 0.6 is 0 Å². The van der Waals surface area contributed by atoms with Gasteiger partial charge in [-0.1, -0.05) is 37.2 Å². The number of nitrogens with one attached hydrogen (secondary N) is 1. The van der Waals surface area contributed by atoms with E-state index in [1.54, 1.807) is 0 Å². The first kappa shape index (κ1) is 13.2. The van der Waals surface area contributed by atoms with Crippen molar-refractivity contribution >= 4 is 5.69 Å². The van der Waals surface area contributed by atoms with Crippen molar-refractivity contribution in [2.75, 3.05) is 11.4 Å². The number of fused-ring (bicyclic) bond motifs is 1. The van der Waals surface area contributed by atoms with E-state index in [2.05, 4.69) is 59.6 Å². The lowest BCUT2D eigenvalue weighted by atomic mass is 10.0. The summed E-state index contributed by atoms with van der Waals surface area (Å²) in [6, 6.07) is 11.0. The second-order valence-electron chi connectivity index (χ2n) is 5.57. The molecule has 0 saturated carbocycles. The molecule has 1 aromatic carbocycles. The molecule has 1 aliphatic heterocycles. The fourth-order valence-electron chi connectivity index (χ4n) is 2.56. The third-order valence-corrected chi connectivity index (χ3v) is 3.71. The van der Waals surface area contributed by atoms with Crippen LogP contribution in [0.1, 0.15) is 30.9 Å². The third-order valence-electron chi connectivity index (χ3n) is 3.71. The predicted octanol–water partition coefficient (Wildman–Crippen LogP) is 2.74. The van der Waals surface area contributed by atoms with Crippen LogP contribution in [0.25, 0.3) is 0 Å². The maximum atomic E-state index is 5.49. The number of para-hydroxylation sites is 1. The van der Waals surface area contributed by atoms with Gasteiger partial charge in [-0.15, -0.1) is 0 Å². The summed E-state index contributed by atoms with van der Waals surface area (Å²) in [5.41, 5.74) is 3.57. The summed E-state index contributed by atoms with van der Waals surface area (Å²) in [6.07, 6.45) is 0.929. The lowest BCUT2D eigenvalue weighted by molar-refractivity contribution is 0.370. The molecular weight excluding hydrogens is 250 g/mol. The Bertz CT molecular complexity index is 562. The maximum Gasteiger partial charge on any atom is 0.143 e. The molecule has 0 radical (unpaired) electrons. The second-order valence-corrected chi connectivity index (χ2v) is 5.57. The molecular formula is C16H21N3O. The normalized spacial score (nSPS) is 14.7. The van der Waals surface area contributed by atoms with Crippen molar-refractivity contribution in [1.82, 2.24) is 10.5 Å². The minimum absolute atomic E-state index is 0.455. The van der Waals surface area contributed by atoms with Gasteiger partial charge >= 0.3 is 0 Å². The van der Waals surface area contributed by atoms with Crippen molar-refractivity contribution in [1.29, 1.82) is 0 Å². The molecule has 0 amide bonds. The zero-order valence-corrected chi connectivity index (χ0v) is 12.1. The minimum atomic E-state index is 0.455. The van der Waals surface area contributed by atoms with Crippen LogP contribution < -0.4 is 10.2 Å². The van der Waals surface area contributed by atoms with Gasteiger partial charge in [0, 0.05) is 43.3 Å². The summed E-state index contributed by atoms with van der Waals surface area (Å²) in [5, 5.41) is 7.65. The Labute approximate surface area is 119 Å². The Morgan fingerprint density at radius 1 is 1.30 bits per heavy atom. The van der Waals surface area contributed by atoms with E-state index in [0.29, 0.717) is 6.04 Å². The van der Waals surface area contributed by atoms with Gasteiger partial charge in [0.25, 0.3) is 0 Å². The van der Waals surface area contributed by atoms with Gasteiger partial charge in [0.1, 0.15) is 11.5 Å². The smallest absolute Gasteiger partial charge is 0.143 e. The number of hydrogen-bond donors (Lipinski definition) is 1. The van der Waals surface area contributed by atoms with E-state index in [1.807, 2.05) is 0 Å².